The molecule has 0 unspecified atom stereocenters. The van der Waals surface area contributed by atoms with Gasteiger partial charge >= 0.3 is 0 Å². The summed E-state index contributed by atoms with van der Waals surface area (Å²) in [5.74, 6) is 2.25. The SMILES string of the molecule is CCN(CC)c1nc(NCCCN2CCCC2=O)nc(NCCCN2CCCC2=O)n1. The molecular weight excluding hydrogens is 396 g/mol. The predicted octanol–water partition coefficient (Wildman–Crippen LogP) is 1.57. The van der Waals surface area contributed by atoms with E-state index in [0.717, 1.165) is 65.0 Å². The average Bonchev–Trinajstić information content (AvgIpc) is 3.37. The molecular formula is C21H36N8O2. The number of nitrogens with one attached hydrogen (secondary N) is 2. The number of rotatable bonds is 13. The van der Waals surface area contributed by atoms with Crippen LogP contribution in [0.25, 0.3) is 0 Å². The molecule has 2 fully saturated rings. The molecule has 3 heterocycles. The third kappa shape index (κ3) is 6.67. The zero-order valence-corrected chi connectivity index (χ0v) is 18.9. The van der Waals surface area contributed by atoms with Crippen LogP contribution in [0.1, 0.15) is 52.4 Å². The first kappa shape index (κ1) is 23.0. The molecule has 2 aliphatic rings. The summed E-state index contributed by atoms with van der Waals surface area (Å²) in [6, 6.07) is 0. The Kier molecular flexibility index (Phi) is 8.66. The highest BCUT2D eigenvalue weighted by Gasteiger charge is 2.20. The molecule has 0 aromatic carbocycles. The maximum atomic E-state index is 11.7. The summed E-state index contributed by atoms with van der Waals surface area (Å²) in [5, 5.41) is 6.58. The third-order valence-electron chi connectivity index (χ3n) is 5.79. The maximum absolute atomic E-state index is 11.7. The topological polar surface area (TPSA) is 107 Å². The number of amides is 2. The van der Waals surface area contributed by atoms with Crippen LogP contribution in [0.4, 0.5) is 17.8 Å². The minimum Gasteiger partial charge on any atom is -0.354 e. The molecule has 0 bridgehead atoms. The second-order valence-corrected chi connectivity index (χ2v) is 7.98. The molecule has 10 heteroatoms. The molecule has 2 N–H and O–H groups in total. The Morgan fingerprint density at radius 2 is 1.29 bits per heavy atom. The molecule has 2 aliphatic heterocycles. The van der Waals surface area contributed by atoms with Crippen molar-refractivity contribution in [1.82, 2.24) is 24.8 Å². The van der Waals surface area contributed by atoms with E-state index < -0.39 is 0 Å². The largest absolute Gasteiger partial charge is 0.354 e. The van der Waals surface area contributed by atoms with E-state index in [-0.39, 0.29) is 11.8 Å². The molecule has 1 aromatic heterocycles. The predicted molar refractivity (Wildman–Crippen MR) is 121 cm³/mol. The Morgan fingerprint density at radius 1 is 0.806 bits per heavy atom. The normalized spacial score (nSPS) is 16.3. The molecule has 3 rings (SSSR count). The first-order valence-electron chi connectivity index (χ1n) is 11.6. The van der Waals surface area contributed by atoms with Crippen LogP contribution in [-0.4, -0.2) is 88.9 Å². The fourth-order valence-corrected chi connectivity index (χ4v) is 3.99. The van der Waals surface area contributed by atoms with Crippen LogP contribution in [0.3, 0.4) is 0 Å². The molecule has 2 saturated heterocycles. The fraction of sp³-hybridized carbons (Fsp3) is 0.762. The Labute approximate surface area is 184 Å². The summed E-state index contributed by atoms with van der Waals surface area (Å²) < 4.78 is 0. The van der Waals surface area contributed by atoms with E-state index >= 15 is 0 Å². The molecule has 2 amide bonds. The van der Waals surface area contributed by atoms with E-state index in [1.165, 1.54) is 0 Å². The summed E-state index contributed by atoms with van der Waals surface area (Å²) in [5.41, 5.74) is 0. The van der Waals surface area contributed by atoms with E-state index in [1.54, 1.807) is 0 Å². The van der Waals surface area contributed by atoms with Gasteiger partial charge in [-0.15, -0.1) is 0 Å². The molecule has 0 spiro atoms. The zero-order chi connectivity index (χ0) is 22.1. The number of hydrogen-bond donors (Lipinski definition) is 2. The second-order valence-electron chi connectivity index (χ2n) is 7.98. The molecule has 0 saturated carbocycles. The van der Waals surface area contributed by atoms with Gasteiger partial charge in [0.15, 0.2) is 0 Å². The van der Waals surface area contributed by atoms with Crippen LogP contribution in [0, 0.1) is 0 Å². The van der Waals surface area contributed by atoms with Crippen LogP contribution in [0.5, 0.6) is 0 Å². The maximum Gasteiger partial charge on any atom is 0.231 e. The van der Waals surface area contributed by atoms with E-state index in [4.69, 9.17) is 0 Å². The van der Waals surface area contributed by atoms with Gasteiger partial charge in [0, 0.05) is 65.2 Å². The van der Waals surface area contributed by atoms with Crippen molar-refractivity contribution >= 4 is 29.7 Å². The molecule has 0 radical (unpaired) electrons. The zero-order valence-electron chi connectivity index (χ0n) is 18.9. The van der Waals surface area contributed by atoms with Gasteiger partial charge < -0.3 is 25.3 Å². The highest BCUT2D eigenvalue weighted by Crippen LogP contribution is 2.15. The number of carbonyl (C=O) groups is 2. The molecule has 0 atom stereocenters. The Balaban J connectivity index is 1.52. The van der Waals surface area contributed by atoms with Gasteiger partial charge in [0.05, 0.1) is 0 Å². The average molecular weight is 433 g/mol. The molecule has 31 heavy (non-hydrogen) atoms. The van der Waals surface area contributed by atoms with Crippen molar-refractivity contribution in [2.24, 2.45) is 0 Å². The van der Waals surface area contributed by atoms with Gasteiger partial charge in [0.25, 0.3) is 0 Å². The van der Waals surface area contributed by atoms with Crippen LogP contribution >= 0.6 is 0 Å². The van der Waals surface area contributed by atoms with Crippen molar-refractivity contribution in [3.8, 4) is 0 Å². The molecule has 0 aliphatic carbocycles. The number of hydrogen-bond acceptors (Lipinski definition) is 8. The number of anilines is 3. The minimum atomic E-state index is 0.256. The Bertz CT molecular complexity index is 688. The van der Waals surface area contributed by atoms with E-state index in [9.17, 15) is 9.59 Å². The van der Waals surface area contributed by atoms with Crippen LogP contribution in [0.15, 0.2) is 0 Å². The number of likely N-dealkylation sites (tertiary alicyclic amines) is 2. The lowest BCUT2D eigenvalue weighted by atomic mass is 10.4. The van der Waals surface area contributed by atoms with Gasteiger partial charge in [0.2, 0.25) is 29.7 Å². The Hall–Kier alpha value is -2.65. The highest BCUT2D eigenvalue weighted by molar-refractivity contribution is 5.78. The van der Waals surface area contributed by atoms with Crippen molar-refractivity contribution in [3.05, 3.63) is 0 Å². The lowest BCUT2D eigenvalue weighted by molar-refractivity contribution is -0.128. The number of carbonyl (C=O) groups excluding carboxylic acids is 2. The molecule has 10 nitrogen and oxygen atoms in total. The quantitative estimate of drug-likeness (QED) is 0.453. The number of nitrogens with zero attached hydrogens (tertiary/aromatic N) is 6. The Morgan fingerprint density at radius 3 is 1.68 bits per heavy atom. The van der Waals surface area contributed by atoms with Crippen molar-refractivity contribution in [2.75, 3.05) is 67.9 Å². The van der Waals surface area contributed by atoms with Gasteiger partial charge in [-0.25, -0.2) is 0 Å². The minimum absolute atomic E-state index is 0.256. The summed E-state index contributed by atoms with van der Waals surface area (Å²) in [4.78, 5) is 43.1. The highest BCUT2D eigenvalue weighted by atomic mass is 16.2. The van der Waals surface area contributed by atoms with Crippen molar-refractivity contribution < 1.29 is 9.59 Å². The first-order valence-corrected chi connectivity index (χ1v) is 11.6. The molecule has 1 aromatic rings. The number of aromatic nitrogens is 3. The van der Waals surface area contributed by atoms with Gasteiger partial charge in [-0.3, -0.25) is 9.59 Å². The molecule has 172 valence electrons. The summed E-state index contributed by atoms with van der Waals surface area (Å²) in [6.45, 7) is 10.4. The monoisotopic (exact) mass is 432 g/mol. The van der Waals surface area contributed by atoms with Crippen LogP contribution in [-0.2, 0) is 9.59 Å². The third-order valence-corrected chi connectivity index (χ3v) is 5.79. The van der Waals surface area contributed by atoms with Gasteiger partial charge in [0.1, 0.15) is 0 Å². The first-order chi connectivity index (χ1) is 15.1. The van der Waals surface area contributed by atoms with Crippen molar-refractivity contribution in [1.29, 1.82) is 0 Å². The van der Waals surface area contributed by atoms with E-state index in [1.807, 2.05) is 9.80 Å². The van der Waals surface area contributed by atoms with E-state index in [0.29, 0.717) is 43.8 Å². The van der Waals surface area contributed by atoms with Gasteiger partial charge in [-0.2, -0.15) is 15.0 Å². The smallest absolute Gasteiger partial charge is 0.231 e. The van der Waals surface area contributed by atoms with E-state index in [2.05, 4.69) is 44.3 Å². The van der Waals surface area contributed by atoms with Gasteiger partial charge in [-0.05, 0) is 39.5 Å². The fourth-order valence-electron chi connectivity index (χ4n) is 3.99. The summed E-state index contributed by atoms with van der Waals surface area (Å²) in [6.07, 6.45) is 4.99. The lowest BCUT2D eigenvalue weighted by Gasteiger charge is -2.20. The lowest BCUT2D eigenvalue weighted by Crippen LogP contribution is -2.28. The van der Waals surface area contributed by atoms with Crippen LogP contribution in [0.2, 0.25) is 0 Å². The van der Waals surface area contributed by atoms with Crippen molar-refractivity contribution in [2.45, 2.75) is 52.4 Å². The van der Waals surface area contributed by atoms with Gasteiger partial charge in [-0.1, -0.05) is 0 Å². The second kappa shape index (κ2) is 11.7. The standard InChI is InChI=1S/C21H36N8O2/c1-3-27(4-2)21-25-19(22-11-7-15-28-13-5-9-17(28)30)24-20(26-21)23-12-8-16-29-14-6-10-18(29)31/h3-16H2,1-2H3,(H2,22,23,24,25,26). The van der Waals surface area contributed by atoms with Crippen molar-refractivity contribution in [3.63, 3.8) is 0 Å². The summed E-state index contributed by atoms with van der Waals surface area (Å²) in [7, 11) is 0. The summed E-state index contributed by atoms with van der Waals surface area (Å²) >= 11 is 0. The van der Waals surface area contributed by atoms with Crippen LogP contribution < -0.4 is 15.5 Å².